The summed E-state index contributed by atoms with van der Waals surface area (Å²) in [4.78, 5) is 8.72. The second kappa shape index (κ2) is 11.6. The second-order valence-corrected chi connectivity index (χ2v) is 6.33. The van der Waals surface area contributed by atoms with Crippen molar-refractivity contribution in [1.29, 1.82) is 0 Å². The Kier molecular flexibility index (Phi) is 9.88. The van der Waals surface area contributed by atoms with Crippen molar-refractivity contribution in [2.24, 2.45) is 16.5 Å². The van der Waals surface area contributed by atoms with Gasteiger partial charge in [0.1, 0.15) is 11.5 Å². The Morgan fingerprint density at radius 1 is 1.15 bits per heavy atom. The zero-order valence-electron chi connectivity index (χ0n) is 14.6. The summed E-state index contributed by atoms with van der Waals surface area (Å²) in [6, 6.07) is 14.1. The number of aliphatic imine (C=N–C) groups is 1. The number of aryl methyl sites for hydroxylation is 1. The molecule has 0 saturated carbocycles. The molecule has 0 radical (unpaired) electrons. The van der Waals surface area contributed by atoms with Crippen LogP contribution in [0.2, 0.25) is 0 Å². The van der Waals surface area contributed by atoms with Gasteiger partial charge in [-0.25, -0.2) is 4.98 Å². The molecule has 0 fully saturated rings. The molecule has 5 N–H and O–H groups in total. The van der Waals surface area contributed by atoms with Crippen molar-refractivity contribution in [1.82, 2.24) is 10.3 Å². The van der Waals surface area contributed by atoms with Crippen LogP contribution in [-0.2, 0) is 13.0 Å². The quantitative estimate of drug-likeness (QED) is 0.301. The maximum atomic E-state index is 5.92. The van der Waals surface area contributed by atoms with Crippen LogP contribution in [0, 0.1) is 0 Å². The zero-order valence-corrected chi connectivity index (χ0v) is 17.1. The highest BCUT2D eigenvalue weighted by atomic mass is 35.5. The predicted molar refractivity (Wildman–Crippen MR) is 116 cm³/mol. The van der Waals surface area contributed by atoms with E-state index in [1.165, 1.54) is 16.9 Å². The molecule has 2 heterocycles. The van der Waals surface area contributed by atoms with Gasteiger partial charge in [-0.3, -0.25) is 0 Å². The van der Waals surface area contributed by atoms with Crippen LogP contribution in [0.25, 0.3) is 11.5 Å². The highest BCUT2D eigenvalue weighted by molar-refractivity contribution is 7.13. The summed E-state index contributed by atoms with van der Waals surface area (Å²) in [5.41, 5.74) is 13.5. The molecule has 3 rings (SSSR count). The highest BCUT2D eigenvalue weighted by Crippen LogP contribution is 2.27. The Labute approximate surface area is 174 Å². The summed E-state index contributed by atoms with van der Waals surface area (Å²) >= 11 is 1.42. The van der Waals surface area contributed by atoms with E-state index in [-0.39, 0.29) is 24.8 Å². The van der Waals surface area contributed by atoms with Crippen LogP contribution < -0.4 is 16.8 Å². The molecule has 3 aromatic rings. The first-order valence-corrected chi connectivity index (χ1v) is 8.99. The van der Waals surface area contributed by atoms with Gasteiger partial charge in [0.25, 0.3) is 0 Å². The maximum absolute atomic E-state index is 5.92. The van der Waals surface area contributed by atoms with Crippen molar-refractivity contribution in [3.05, 3.63) is 59.2 Å². The van der Waals surface area contributed by atoms with Crippen molar-refractivity contribution in [2.75, 3.05) is 6.54 Å². The SMILES string of the molecule is Cl.Cl.NCc1ccc(-c2csc(/N=C(\N)NCCCc3ccccc3)n2)o1. The molecule has 27 heavy (non-hydrogen) atoms. The Balaban J connectivity index is 0.00000182. The molecule has 2 aromatic heterocycles. The molecule has 6 nitrogen and oxygen atoms in total. The summed E-state index contributed by atoms with van der Waals surface area (Å²) in [5, 5.41) is 5.60. The van der Waals surface area contributed by atoms with Crippen LogP contribution in [-0.4, -0.2) is 17.5 Å². The van der Waals surface area contributed by atoms with E-state index in [4.69, 9.17) is 15.9 Å². The van der Waals surface area contributed by atoms with Crippen molar-refractivity contribution >= 4 is 47.2 Å². The van der Waals surface area contributed by atoms with Crippen LogP contribution in [0.4, 0.5) is 5.13 Å². The third-order valence-electron chi connectivity index (χ3n) is 3.61. The number of nitrogens with one attached hydrogen (secondary N) is 1. The first kappa shape index (κ1) is 23.0. The number of furan rings is 1. The minimum atomic E-state index is 0. The molecule has 146 valence electrons. The number of guanidine groups is 1. The summed E-state index contributed by atoms with van der Waals surface area (Å²) < 4.78 is 5.58. The lowest BCUT2D eigenvalue weighted by molar-refractivity contribution is 0.524. The molecule has 0 atom stereocenters. The number of aromatic nitrogens is 1. The third-order valence-corrected chi connectivity index (χ3v) is 4.35. The van der Waals surface area contributed by atoms with Gasteiger partial charge in [-0.05, 0) is 30.5 Å². The summed E-state index contributed by atoms with van der Waals surface area (Å²) in [6.07, 6.45) is 1.99. The van der Waals surface area contributed by atoms with E-state index in [0.29, 0.717) is 23.4 Å². The van der Waals surface area contributed by atoms with E-state index in [1.807, 2.05) is 35.7 Å². The third kappa shape index (κ3) is 6.88. The average Bonchev–Trinajstić information content (AvgIpc) is 3.28. The van der Waals surface area contributed by atoms with E-state index in [0.717, 1.165) is 30.8 Å². The van der Waals surface area contributed by atoms with Gasteiger partial charge in [0.05, 0.1) is 6.54 Å². The van der Waals surface area contributed by atoms with Crippen molar-refractivity contribution in [3.63, 3.8) is 0 Å². The predicted octanol–water partition coefficient (Wildman–Crippen LogP) is 3.87. The molecular formula is C18H23Cl2N5OS. The van der Waals surface area contributed by atoms with Crippen molar-refractivity contribution in [2.45, 2.75) is 19.4 Å². The highest BCUT2D eigenvalue weighted by Gasteiger charge is 2.08. The first-order chi connectivity index (χ1) is 12.2. The Bertz CT molecular complexity index is 835. The lowest BCUT2D eigenvalue weighted by Crippen LogP contribution is -2.32. The number of halogens is 2. The smallest absolute Gasteiger partial charge is 0.212 e. The Hall–Kier alpha value is -2.06. The fourth-order valence-electron chi connectivity index (χ4n) is 2.35. The zero-order chi connectivity index (χ0) is 17.5. The van der Waals surface area contributed by atoms with Crippen LogP contribution in [0.3, 0.4) is 0 Å². The number of rotatable bonds is 7. The van der Waals surface area contributed by atoms with Gasteiger partial charge in [-0.15, -0.1) is 36.2 Å². The normalized spacial score (nSPS) is 10.8. The van der Waals surface area contributed by atoms with Gasteiger partial charge in [0.2, 0.25) is 5.13 Å². The molecule has 1 aromatic carbocycles. The first-order valence-electron chi connectivity index (χ1n) is 8.11. The molecular weight excluding hydrogens is 405 g/mol. The van der Waals surface area contributed by atoms with E-state index < -0.39 is 0 Å². The van der Waals surface area contributed by atoms with Gasteiger partial charge >= 0.3 is 0 Å². The van der Waals surface area contributed by atoms with E-state index in [2.05, 4.69) is 27.4 Å². The minimum absolute atomic E-state index is 0. The van der Waals surface area contributed by atoms with E-state index >= 15 is 0 Å². The molecule has 9 heteroatoms. The molecule has 0 amide bonds. The molecule has 0 aliphatic carbocycles. The lowest BCUT2D eigenvalue weighted by Gasteiger charge is -2.04. The molecule has 0 saturated heterocycles. The van der Waals surface area contributed by atoms with Gasteiger partial charge in [-0.2, -0.15) is 4.99 Å². The maximum Gasteiger partial charge on any atom is 0.212 e. The number of hydrogen-bond acceptors (Lipinski definition) is 5. The fraction of sp³-hybridized carbons (Fsp3) is 0.222. The number of thiazole rings is 1. The van der Waals surface area contributed by atoms with Gasteiger partial charge < -0.3 is 21.2 Å². The summed E-state index contributed by atoms with van der Waals surface area (Å²) in [7, 11) is 0. The largest absolute Gasteiger partial charge is 0.458 e. The summed E-state index contributed by atoms with van der Waals surface area (Å²) in [6.45, 7) is 1.13. The number of hydrogen-bond donors (Lipinski definition) is 3. The van der Waals surface area contributed by atoms with Gasteiger partial charge in [0.15, 0.2) is 11.7 Å². The van der Waals surface area contributed by atoms with Gasteiger partial charge in [-0.1, -0.05) is 30.3 Å². The van der Waals surface area contributed by atoms with Crippen LogP contribution in [0.5, 0.6) is 0 Å². The van der Waals surface area contributed by atoms with Crippen LogP contribution >= 0.6 is 36.2 Å². The second-order valence-electron chi connectivity index (χ2n) is 5.50. The lowest BCUT2D eigenvalue weighted by atomic mass is 10.1. The standard InChI is InChI=1S/C18H21N5OS.2ClH/c19-11-14-8-9-16(24-14)15-12-25-18(22-15)23-17(20)21-10-4-7-13-5-2-1-3-6-13;;/h1-3,5-6,8-9,12H,4,7,10-11,19H2,(H3,20,21,22,23);2*1H. The van der Waals surface area contributed by atoms with Crippen LogP contribution in [0.15, 0.2) is 57.3 Å². The van der Waals surface area contributed by atoms with E-state index in [1.54, 1.807) is 0 Å². The molecule has 0 bridgehead atoms. The Morgan fingerprint density at radius 3 is 2.63 bits per heavy atom. The van der Waals surface area contributed by atoms with Gasteiger partial charge in [0, 0.05) is 11.9 Å². The summed E-state index contributed by atoms with van der Waals surface area (Å²) in [5.74, 6) is 1.79. The van der Waals surface area contributed by atoms with Crippen LogP contribution in [0.1, 0.15) is 17.7 Å². The minimum Gasteiger partial charge on any atom is -0.458 e. The Morgan fingerprint density at radius 2 is 1.93 bits per heavy atom. The average molecular weight is 428 g/mol. The molecule has 0 aliphatic heterocycles. The molecule has 0 spiro atoms. The molecule has 0 aliphatic rings. The van der Waals surface area contributed by atoms with E-state index in [9.17, 15) is 0 Å². The molecule has 0 unspecified atom stereocenters. The topological polar surface area (TPSA) is 102 Å². The van der Waals surface area contributed by atoms with Crippen molar-refractivity contribution < 1.29 is 4.42 Å². The fourth-order valence-corrected chi connectivity index (χ4v) is 3.04. The monoisotopic (exact) mass is 427 g/mol. The number of nitrogens with zero attached hydrogens (tertiary/aromatic N) is 2. The number of nitrogens with two attached hydrogens (primary N) is 2. The number of benzene rings is 1. The van der Waals surface area contributed by atoms with Crippen molar-refractivity contribution in [3.8, 4) is 11.5 Å².